The summed E-state index contributed by atoms with van der Waals surface area (Å²) in [5.74, 6) is -2.04. The number of ketones is 1. The van der Waals surface area contributed by atoms with Crippen LogP contribution in [0.25, 0.3) is 10.9 Å². The van der Waals surface area contributed by atoms with Crippen LogP contribution in [0.3, 0.4) is 0 Å². The number of H-pyrrole nitrogens is 1. The average molecular weight is 351 g/mol. The average Bonchev–Trinajstić information content (AvgIpc) is 2.92. The molecule has 0 saturated heterocycles. The fraction of sp³-hybridized carbons (Fsp3) is 0. The van der Waals surface area contributed by atoms with E-state index in [4.69, 9.17) is 23.2 Å². The lowest BCUT2D eigenvalue weighted by Crippen LogP contribution is -2.22. The number of hydrogen-bond donors (Lipinski definition) is 2. The molecule has 0 unspecified atom stereocenters. The Morgan fingerprint density at radius 3 is 2.61 bits per heavy atom. The molecule has 3 aromatic rings. The number of hydrogen-bond acceptors (Lipinski definition) is 2. The van der Waals surface area contributed by atoms with E-state index >= 15 is 0 Å². The molecular weight excluding hydrogens is 342 g/mol. The smallest absolute Gasteiger partial charge is 0.296 e. The van der Waals surface area contributed by atoms with E-state index in [1.807, 2.05) is 0 Å². The largest absolute Gasteiger partial charge is 0.360 e. The van der Waals surface area contributed by atoms with Gasteiger partial charge in [-0.25, -0.2) is 4.39 Å². The number of rotatable bonds is 3. The molecule has 1 aromatic heterocycles. The van der Waals surface area contributed by atoms with Crippen molar-refractivity contribution in [3.05, 3.63) is 64.0 Å². The van der Waals surface area contributed by atoms with Crippen LogP contribution in [0.1, 0.15) is 10.4 Å². The fourth-order valence-electron chi connectivity index (χ4n) is 2.18. The third kappa shape index (κ3) is 3.06. The summed E-state index contributed by atoms with van der Waals surface area (Å²) in [6.07, 6.45) is 1.37. The fourth-order valence-corrected chi connectivity index (χ4v) is 2.63. The van der Waals surface area contributed by atoms with Gasteiger partial charge in [0.1, 0.15) is 5.82 Å². The predicted molar refractivity (Wildman–Crippen MR) is 87.7 cm³/mol. The monoisotopic (exact) mass is 350 g/mol. The first-order valence-electron chi connectivity index (χ1n) is 6.53. The van der Waals surface area contributed by atoms with Gasteiger partial charge in [-0.3, -0.25) is 9.59 Å². The van der Waals surface area contributed by atoms with E-state index in [2.05, 4.69) is 10.3 Å². The SMILES string of the molecule is O=C(Nc1ccc(Cl)cc1Cl)C(=O)c1c[nH]c2cc(F)ccc12. The normalized spacial score (nSPS) is 10.7. The first kappa shape index (κ1) is 15.5. The zero-order chi connectivity index (χ0) is 16.6. The molecule has 0 bridgehead atoms. The van der Waals surface area contributed by atoms with E-state index in [9.17, 15) is 14.0 Å². The van der Waals surface area contributed by atoms with Crippen molar-refractivity contribution in [3.8, 4) is 0 Å². The Kier molecular flexibility index (Phi) is 4.07. The second-order valence-electron chi connectivity index (χ2n) is 4.80. The number of anilines is 1. The number of carbonyl (C=O) groups excluding carboxylic acids is 2. The number of benzene rings is 2. The van der Waals surface area contributed by atoms with Gasteiger partial charge in [-0.2, -0.15) is 0 Å². The van der Waals surface area contributed by atoms with Gasteiger partial charge in [0, 0.05) is 22.1 Å². The van der Waals surface area contributed by atoms with Gasteiger partial charge in [0.2, 0.25) is 0 Å². The van der Waals surface area contributed by atoms with Crippen LogP contribution in [0.15, 0.2) is 42.6 Å². The molecule has 116 valence electrons. The Hall–Kier alpha value is -2.37. The minimum Gasteiger partial charge on any atom is -0.360 e. The standard InChI is InChI=1S/C16H9Cl2FN2O2/c17-8-1-4-13(12(18)5-8)21-16(23)15(22)11-7-20-14-6-9(19)2-3-10(11)14/h1-7,20H,(H,21,23). The number of carbonyl (C=O) groups is 2. The molecule has 4 nitrogen and oxygen atoms in total. The van der Waals surface area contributed by atoms with Gasteiger partial charge in [0.05, 0.1) is 16.3 Å². The molecule has 1 amide bonds. The molecule has 2 N–H and O–H groups in total. The lowest BCUT2D eigenvalue weighted by Gasteiger charge is -2.06. The van der Waals surface area contributed by atoms with Crippen LogP contribution in [0.5, 0.6) is 0 Å². The van der Waals surface area contributed by atoms with Gasteiger partial charge in [-0.1, -0.05) is 23.2 Å². The molecule has 1 heterocycles. The highest BCUT2D eigenvalue weighted by molar-refractivity contribution is 6.49. The molecule has 3 rings (SSSR count). The number of fused-ring (bicyclic) bond motifs is 1. The molecule has 2 aromatic carbocycles. The van der Waals surface area contributed by atoms with Gasteiger partial charge in [-0.15, -0.1) is 0 Å². The Balaban J connectivity index is 1.88. The topological polar surface area (TPSA) is 62.0 Å². The summed E-state index contributed by atoms with van der Waals surface area (Å²) in [4.78, 5) is 27.2. The molecule has 7 heteroatoms. The maximum absolute atomic E-state index is 13.2. The Morgan fingerprint density at radius 2 is 1.87 bits per heavy atom. The van der Waals surface area contributed by atoms with Gasteiger partial charge in [0.15, 0.2) is 0 Å². The van der Waals surface area contributed by atoms with E-state index in [1.165, 1.54) is 36.5 Å². The summed E-state index contributed by atoms with van der Waals surface area (Å²) >= 11 is 11.7. The number of aromatic nitrogens is 1. The number of Topliss-reactive ketones (excluding diaryl/α,β-unsaturated/α-hetero) is 1. The summed E-state index contributed by atoms with van der Waals surface area (Å²) in [5, 5.41) is 3.54. The second kappa shape index (κ2) is 6.02. The van der Waals surface area contributed by atoms with Crippen molar-refractivity contribution in [2.24, 2.45) is 0 Å². The molecule has 0 atom stereocenters. The van der Waals surface area contributed by atoms with Gasteiger partial charge in [0.25, 0.3) is 11.7 Å². The Bertz CT molecular complexity index is 937. The first-order chi connectivity index (χ1) is 11.0. The number of halogens is 3. The lowest BCUT2D eigenvalue weighted by molar-refractivity contribution is -0.112. The minimum atomic E-state index is -0.848. The van der Waals surface area contributed by atoms with Crippen LogP contribution in [0, 0.1) is 5.82 Å². The van der Waals surface area contributed by atoms with E-state index < -0.39 is 17.5 Å². The van der Waals surface area contributed by atoms with Crippen LogP contribution in [-0.4, -0.2) is 16.7 Å². The van der Waals surface area contributed by atoms with Crippen molar-refractivity contribution in [2.75, 3.05) is 5.32 Å². The van der Waals surface area contributed by atoms with Crippen LogP contribution >= 0.6 is 23.2 Å². The van der Waals surface area contributed by atoms with Crippen LogP contribution < -0.4 is 5.32 Å². The minimum absolute atomic E-state index is 0.155. The Morgan fingerprint density at radius 1 is 1.09 bits per heavy atom. The number of nitrogens with one attached hydrogen (secondary N) is 2. The van der Waals surface area contributed by atoms with Gasteiger partial charge < -0.3 is 10.3 Å². The molecular formula is C16H9Cl2FN2O2. The summed E-state index contributed by atoms with van der Waals surface area (Å²) in [5.41, 5.74) is 0.869. The predicted octanol–water partition coefficient (Wildman–Crippen LogP) is 4.44. The van der Waals surface area contributed by atoms with Crippen LogP contribution in [-0.2, 0) is 4.79 Å². The van der Waals surface area contributed by atoms with Crippen LogP contribution in [0.2, 0.25) is 10.0 Å². The third-order valence-corrected chi connectivity index (χ3v) is 3.82. The van der Waals surface area contributed by atoms with Crippen molar-refractivity contribution >= 4 is 51.5 Å². The maximum Gasteiger partial charge on any atom is 0.296 e. The molecule has 0 fully saturated rings. The molecule has 0 aliphatic carbocycles. The number of aromatic amines is 1. The molecule has 0 aliphatic heterocycles. The number of amides is 1. The van der Waals surface area contributed by atoms with E-state index in [-0.39, 0.29) is 16.3 Å². The second-order valence-corrected chi connectivity index (χ2v) is 5.64. The summed E-state index contributed by atoms with van der Waals surface area (Å²) in [6, 6.07) is 8.41. The molecule has 23 heavy (non-hydrogen) atoms. The van der Waals surface area contributed by atoms with Crippen molar-refractivity contribution < 1.29 is 14.0 Å². The van der Waals surface area contributed by atoms with Crippen molar-refractivity contribution in [1.29, 1.82) is 0 Å². The zero-order valence-corrected chi connectivity index (χ0v) is 13.0. The molecule has 0 aliphatic rings. The summed E-state index contributed by atoms with van der Waals surface area (Å²) in [6.45, 7) is 0. The van der Waals surface area contributed by atoms with Crippen molar-refractivity contribution in [3.63, 3.8) is 0 Å². The van der Waals surface area contributed by atoms with E-state index in [1.54, 1.807) is 6.07 Å². The summed E-state index contributed by atoms with van der Waals surface area (Å²) in [7, 11) is 0. The van der Waals surface area contributed by atoms with E-state index in [0.717, 1.165) is 0 Å². The first-order valence-corrected chi connectivity index (χ1v) is 7.28. The third-order valence-electron chi connectivity index (χ3n) is 3.27. The maximum atomic E-state index is 13.2. The quantitative estimate of drug-likeness (QED) is 0.542. The highest BCUT2D eigenvalue weighted by Gasteiger charge is 2.21. The van der Waals surface area contributed by atoms with E-state index in [0.29, 0.717) is 15.9 Å². The molecule has 0 spiro atoms. The summed E-state index contributed by atoms with van der Waals surface area (Å²) < 4.78 is 13.2. The zero-order valence-electron chi connectivity index (χ0n) is 11.5. The highest BCUT2D eigenvalue weighted by Crippen LogP contribution is 2.26. The van der Waals surface area contributed by atoms with Crippen molar-refractivity contribution in [1.82, 2.24) is 4.98 Å². The van der Waals surface area contributed by atoms with Crippen molar-refractivity contribution in [2.45, 2.75) is 0 Å². The molecule has 0 saturated carbocycles. The Labute approximate surface area is 140 Å². The van der Waals surface area contributed by atoms with Gasteiger partial charge in [-0.05, 0) is 36.4 Å². The highest BCUT2D eigenvalue weighted by atomic mass is 35.5. The molecule has 0 radical (unpaired) electrons. The van der Waals surface area contributed by atoms with Crippen LogP contribution in [0.4, 0.5) is 10.1 Å². The lowest BCUT2D eigenvalue weighted by atomic mass is 10.1. The van der Waals surface area contributed by atoms with Gasteiger partial charge >= 0.3 is 0 Å².